The van der Waals surface area contributed by atoms with E-state index in [1.54, 1.807) is 4.68 Å². The summed E-state index contributed by atoms with van der Waals surface area (Å²) in [6.07, 6.45) is 2.28. The van der Waals surface area contributed by atoms with Gasteiger partial charge in [0.05, 0.1) is 11.8 Å². The van der Waals surface area contributed by atoms with E-state index in [4.69, 9.17) is 0 Å². The lowest BCUT2D eigenvalue weighted by Crippen LogP contribution is -2.32. The van der Waals surface area contributed by atoms with Crippen LogP contribution in [0.4, 0.5) is 0 Å². The fourth-order valence-electron chi connectivity index (χ4n) is 1.78. The normalized spacial score (nSPS) is 15.3. The van der Waals surface area contributed by atoms with Crippen LogP contribution in [0.5, 0.6) is 0 Å². The summed E-state index contributed by atoms with van der Waals surface area (Å²) in [5, 5.41) is 17.7. The van der Waals surface area contributed by atoms with Crippen LogP contribution in [0.1, 0.15) is 38.1 Å². The van der Waals surface area contributed by atoms with Gasteiger partial charge in [-0.2, -0.15) is 5.10 Å². The van der Waals surface area contributed by atoms with E-state index in [2.05, 4.69) is 17.3 Å². The molecule has 2 unspecified atom stereocenters. The molecule has 0 amide bonds. The number of rotatable bonds is 5. The number of hydrogen-bond acceptors (Lipinski definition) is 3. The van der Waals surface area contributed by atoms with Gasteiger partial charge in [-0.25, -0.2) is 0 Å². The minimum Gasteiger partial charge on any atom is -0.387 e. The summed E-state index contributed by atoms with van der Waals surface area (Å²) in [7, 11) is 1.88. The first-order chi connectivity index (χ1) is 7.10. The predicted molar refractivity (Wildman–Crippen MR) is 60.7 cm³/mol. The Kier molecular flexibility index (Phi) is 4.29. The maximum atomic E-state index is 10.1. The average Bonchev–Trinajstić information content (AvgIpc) is 2.58. The number of aliphatic hydroxyl groups excluding tert-OH is 1. The number of hydrogen-bond donors (Lipinski definition) is 2. The molecular formula is C11H21N3O. The van der Waals surface area contributed by atoms with Gasteiger partial charge in [0.1, 0.15) is 0 Å². The highest BCUT2D eigenvalue weighted by Crippen LogP contribution is 2.20. The molecule has 0 aliphatic carbocycles. The Labute approximate surface area is 91.3 Å². The van der Waals surface area contributed by atoms with Gasteiger partial charge < -0.3 is 10.4 Å². The fraction of sp³-hybridized carbons (Fsp3) is 0.727. The van der Waals surface area contributed by atoms with Crippen molar-refractivity contribution >= 4 is 0 Å². The van der Waals surface area contributed by atoms with Gasteiger partial charge in [-0.3, -0.25) is 4.68 Å². The van der Waals surface area contributed by atoms with Crippen LogP contribution >= 0.6 is 0 Å². The van der Waals surface area contributed by atoms with E-state index in [0.29, 0.717) is 0 Å². The Morgan fingerprint density at radius 3 is 2.73 bits per heavy atom. The molecule has 1 rings (SSSR count). The quantitative estimate of drug-likeness (QED) is 0.764. The topological polar surface area (TPSA) is 50.1 Å². The zero-order valence-corrected chi connectivity index (χ0v) is 9.99. The smallest absolute Gasteiger partial charge is 0.0973 e. The van der Waals surface area contributed by atoms with Crippen molar-refractivity contribution in [3.05, 3.63) is 17.5 Å². The molecule has 1 aromatic rings. The van der Waals surface area contributed by atoms with E-state index >= 15 is 0 Å². The molecule has 1 aromatic heterocycles. The third-order valence-electron chi connectivity index (χ3n) is 2.59. The first-order valence-corrected chi connectivity index (χ1v) is 5.54. The molecule has 0 aliphatic heterocycles. The molecule has 2 atom stereocenters. The van der Waals surface area contributed by atoms with Gasteiger partial charge in [0.15, 0.2) is 0 Å². The maximum Gasteiger partial charge on any atom is 0.0973 e. The molecule has 4 nitrogen and oxygen atoms in total. The lowest BCUT2D eigenvalue weighted by atomic mass is 10.0. The Bertz CT molecular complexity index is 309. The zero-order chi connectivity index (χ0) is 11.4. The third-order valence-corrected chi connectivity index (χ3v) is 2.59. The molecule has 0 saturated heterocycles. The van der Waals surface area contributed by atoms with E-state index in [9.17, 15) is 5.11 Å². The molecule has 0 aliphatic rings. The van der Waals surface area contributed by atoms with Crippen LogP contribution < -0.4 is 5.32 Å². The molecule has 0 bridgehead atoms. The Morgan fingerprint density at radius 1 is 1.53 bits per heavy atom. The molecule has 15 heavy (non-hydrogen) atoms. The van der Waals surface area contributed by atoms with E-state index in [1.807, 2.05) is 27.1 Å². The molecule has 2 N–H and O–H groups in total. The molecular weight excluding hydrogens is 190 g/mol. The van der Waals surface area contributed by atoms with Crippen LogP contribution in [-0.4, -0.2) is 27.5 Å². The zero-order valence-electron chi connectivity index (χ0n) is 9.99. The minimum absolute atomic E-state index is 0.0597. The Morgan fingerprint density at radius 2 is 2.20 bits per heavy atom. The lowest BCUT2D eigenvalue weighted by Gasteiger charge is -2.19. The second-order valence-corrected chi connectivity index (χ2v) is 3.85. The molecule has 0 fully saturated rings. The van der Waals surface area contributed by atoms with Crippen LogP contribution in [0.3, 0.4) is 0 Å². The summed E-state index contributed by atoms with van der Waals surface area (Å²) in [6.45, 7) is 6.93. The number of likely N-dealkylation sites (N-methyl/N-ethyl adjacent to an activating group) is 1. The second-order valence-electron chi connectivity index (χ2n) is 3.85. The van der Waals surface area contributed by atoms with Gasteiger partial charge in [0, 0.05) is 24.8 Å². The monoisotopic (exact) mass is 211 g/mol. The summed E-state index contributed by atoms with van der Waals surface area (Å²) < 4.78 is 1.76. The van der Waals surface area contributed by atoms with Gasteiger partial charge in [0.2, 0.25) is 0 Å². The van der Waals surface area contributed by atoms with E-state index in [-0.39, 0.29) is 6.04 Å². The SMILES string of the molecule is CCNC(C)C(O)c1cn(C)nc1CC. The summed E-state index contributed by atoms with van der Waals surface area (Å²) in [5.74, 6) is 0. The van der Waals surface area contributed by atoms with Crippen molar-refractivity contribution < 1.29 is 5.11 Å². The number of aromatic nitrogens is 2. The lowest BCUT2D eigenvalue weighted by molar-refractivity contribution is 0.136. The number of nitrogens with zero attached hydrogens (tertiary/aromatic N) is 2. The summed E-state index contributed by atoms with van der Waals surface area (Å²) >= 11 is 0. The van der Waals surface area contributed by atoms with Crippen molar-refractivity contribution in [1.82, 2.24) is 15.1 Å². The van der Waals surface area contributed by atoms with Gasteiger partial charge >= 0.3 is 0 Å². The van der Waals surface area contributed by atoms with Gasteiger partial charge in [-0.1, -0.05) is 13.8 Å². The van der Waals surface area contributed by atoms with Gasteiger partial charge in [-0.15, -0.1) is 0 Å². The highest BCUT2D eigenvalue weighted by molar-refractivity contribution is 5.21. The van der Waals surface area contributed by atoms with Crippen molar-refractivity contribution in [3.8, 4) is 0 Å². The predicted octanol–water partition coefficient (Wildman–Crippen LogP) is 1.01. The van der Waals surface area contributed by atoms with Crippen molar-refractivity contribution in [1.29, 1.82) is 0 Å². The summed E-state index contributed by atoms with van der Waals surface area (Å²) in [6, 6.07) is 0.0597. The summed E-state index contributed by atoms with van der Waals surface area (Å²) in [4.78, 5) is 0. The first-order valence-electron chi connectivity index (χ1n) is 5.54. The van der Waals surface area contributed by atoms with E-state index < -0.39 is 6.10 Å². The van der Waals surface area contributed by atoms with Crippen LogP contribution in [0.15, 0.2) is 6.20 Å². The maximum absolute atomic E-state index is 10.1. The number of aliphatic hydroxyl groups is 1. The van der Waals surface area contributed by atoms with Crippen LogP contribution in [0, 0.1) is 0 Å². The summed E-state index contributed by atoms with van der Waals surface area (Å²) in [5.41, 5.74) is 1.92. The number of nitrogens with one attached hydrogen (secondary N) is 1. The van der Waals surface area contributed by atoms with E-state index in [1.165, 1.54) is 0 Å². The van der Waals surface area contributed by atoms with Crippen molar-refractivity contribution in [2.24, 2.45) is 7.05 Å². The van der Waals surface area contributed by atoms with E-state index in [0.717, 1.165) is 24.2 Å². The van der Waals surface area contributed by atoms with Crippen molar-refractivity contribution in [2.75, 3.05) is 6.54 Å². The molecule has 86 valence electrons. The fourth-order valence-corrected chi connectivity index (χ4v) is 1.78. The second kappa shape index (κ2) is 5.28. The van der Waals surface area contributed by atoms with Gasteiger partial charge in [0.25, 0.3) is 0 Å². The molecule has 0 radical (unpaired) electrons. The molecule has 0 aromatic carbocycles. The van der Waals surface area contributed by atoms with Gasteiger partial charge in [-0.05, 0) is 19.9 Å². The largest absolute Gasteiger partial charge is 0.387 e. The standard InChI is InChI=1S/C11H21N3O/c1-5-10-9(7-14(4)13-10)11(15)8(3)12-6-2/h7-8,11-12,15H,5-6H2,1-4H3. The molecule has 4 heteroatoms. The molecule has 1 heterocycles. The Balaban J connectivity index is 2.84. The minimum atomic E-state index is -0.478. The molecule has 0 saturated carbocycles. The van der Waals surface area contributed by atoms with Crippen molar-refractivity contribution in [2.45, 2.75) is 39.3 Å². The van der Waals surface area contributed by atoms with Crippen LogP contribution in [0.2, 0.25) is 0 Å². The van der Waals surface area contributed by atoms with Crippen LogP contribution in [-0.2, 0) is 13.5 Å². The van der Waals surface area contributed by atoms with Crippen LogP contribution in [0.25, 0.3) is 0 Å². The van der Waals surface area contributed by atoms with Crippen molar-refractivity contribution in [3.63, 3.8) is 0 Å². The Hall–Kier alpha value is -0.870. The highest BCUT2D eigenvalue weighted by atomic mass is 16.3. The average molecular weight is 211 g/mol. The number of aryl methyl sites for hydroxylation is 2. The molecule has 0 spiro atoms. The highest BCUT2D eigenvalue weighted by Gasteiger charge is 2.20. The third kappa shape index (κ3) is 2.79. The first kappa shape index (κ1) is 12.2.